The molecule has 6 nitrogen and oxygen atoms in total. The second-order valence-electron chi connectivity index (χ2n) is 8.00. The molecule has 0 bridgehead atoms. The third-order valence-electron chi connectivity index (χ3n) is 6.08. The Morgan fingerprint density at radius 1 is 1.27 bits per heavy atom. The molecular weight excluding hydrogens is 450 g/mol. The highest BCUT2D eigenvalue weighted by Crippen LogP contribution is 2.46. The number of aliphatic imine (C=N–C) groups is 1. The van der Waals surface area contributed by atoms with E-state index in [0.717, 1.165) is 41.4 Å². The number of methoxy groups -OCH3 is 1. The van der Waals surface area contributed by atoms with Crippen molar-refractivity contribution in [2.45, 2.75) is 51.0 Å². The van der Waals surface area contributed by atoms with Gasteiger partial charge in [-0.3, -0.25) is 9.79 Å². The number of Topliss-reactive ketones (excluding diaryl/α,β-unsaturated/α-hetero) is 1. The van der Waals surface area contributed by atoms with Gasteiger partial charge in [0, 0.05) is 40.4 Å². The lowest BCUT2D eigenvalue weighted by molar-refractivity contribution is -0.142. The SMILES string of the molecule is COc1ccc(Br)cc1C1C(C(=O)OCC2CCCO2)=C(C)N=C2CCCC(=O)C21. The summed E-state index contributed by atoms with van der Waals surface area (Å²) in [5.74, 6) is -0.620. The monoisotopic (exact) mass is 475 g/mol. The van der Waals surface area contributed by atoms with Crippen LogP contribution in [0.25, 0.3) is 0 Å². The van der Waals surface area contributed by atoms with Gasteiger partial charge in [0.25, 0.3) is 0 Å². The second-order valence-corrected chi connectivity index (χ2v) is 8.91. The number of allylic oxidation sites excluding steroid dienone is 1. The van der Waals surface area contributed by atoms with E-state index in [2.05, 4.69) is 20.9 Å². The summed E-state index contributed by atoms with van der Waals surface area (Å²) in [6, 6.07) is 5.66. The minimum absolute atomic E-state index is 0.0623. The van der Waals surface area contributed by atoms with Gasteiger partial charge in [-0.05, 0) is 50.8 Å². The lowest BCUT2D eigenvalue weighted by atomic mass is 9.69. The highest BCUT2D eigenvalue weighted by atomic mass is 79.9. The Morgan fingerprint density at radius 3 is 2.83 bits per heavy atom. The first-order valence-electron chi connectivity index (χ1n) is 10.4. The predicted molar refractivity (Wildman–Crippen MR) is 116 cm³/mol. The van der Waals surface area contributed by atoms with Gasteiger partial charge in [-0.25, -0.2) is 4.79 Å². The van der Waals surface area contributed by atoms with Crippen LogP contribution >= 0.6 is 15.9 Å². The maximum Gasteiger partial charge on any atom is 0.336 e. The molecule has 0 N–H and O–H groups in total. The Labute approximate surface area is 184 Å². The van der Waals surface area contributed by atoms with Crippen LogP contribution in [0.2, 0.25) is 0 Å². The summed E-state index contributed by atoms with van der Waals surface area (Å²) < 4.78 is 17.7. The average Bonchev–Trinajstić information content (AvgIpc) is 3.25. The standard InChI is InChI=1S/C23H26BrNO5/c1-13-20(23(27)30-12-15-5-4-10-29-15)21(16-11-14(24)8-9-19(16)28-2)22-17(25-13)6-3-7-18(22)26/h8-9,11,15,21-22H,3-7,10,12H2,1-2H3. The minimum atomic E-state index is -0.477. The minimum Gasteiger partial charge on any atom is -0.496 e. The Kier molecular flexibility index (Phi) is 6.39. The zero-order valence-electron chi connectivity index (χ0n) is 17.3. The number of hydrogen-bond acceptors (Lipinski definition) is 6. The van der Waals surface area contributed by atoms with Crippen LogP contribution in [-0.4, -0.2) is 43.9 Å². The molecule has 1 aromatic rings. The molecule has 1 saturated carbocycles. The Morgan fingerprint density at radius 2 is 2.10 bits per heavy atom. The van der Waals surface area contributed by atoms with Crippen LogP contribution < -0.4 is 4.74 Å². The van der Waals surface area contributed by atoms with E-state index >= 15 is 0 Å². The normalized spacial score (nSPS) is 26.3. The summed E-state index contributed by atoms with van der Waals surface area (Å²) in [6.07, 6.45) is 3.85. The van der Waals surface area contributed by atoms with E-state index < -0.39 is 17.8 Å². The van der Waals surface area contributed by atoms with Crippen molar-refractivity contribution in [1.29, 1.82) is 0 Å². The van der Waals surface area contributed by atoms with Crippen LogP contribution in [0.15, 0.2) is 38.9 Å². The number of nitrogens with zero attached hydrogens (tertiary/aromatic N) is 1. The molecule has 4 rings (SSSR count). The van der Waals surface area contributed by atoms with Crippen LogP contribution in [-0.2, 0) is 19.1 Å². The number of rotatable bonds is 5. The maximum absolute atomic E-state index is 13.2. The van der Waals surface area contributed by atoms with E-state index in [1.165, 1.54) is 0 Å². The number of ether oxygens (including phenoxy) is 3. The first-order valence-corrected chi connectivity index (χ1v) is 11.2. The van der Waals surface area contributed by atoms with E-state index in [1.807, 2.05) is 25.1 Å². The highest BCUT2D eigenvalue weighted by molar-refractivity contribution is 9.10. The fourth-order valence-electron chi connectivity index (χ4n) is 4.69. The Bertz CT molecular complexity index is 916. The quantitative estimate of drug-likeness (QED) is 0.591. The summed E-state index contributed by atoms with van der Waals surface area (Å²) in [6.45, 7) is 2.74. The van der Waals surface area contributed by atoms with Crippen molar-refractivity contribution < 1.29 is 23.8 Å². The lowest BCUT2D eigenvalue weighted by Crippen LogP contribution is -2.39. The van der Waals surface area contributed by atoms with Crippen LogP contribution in [0.3, 0.4) is 0 Å². The van der Waals surface area contributed by atoms with Gasteiger partial charge in [0.1, 0.15) is 18.1 Å². The lowest BCUT2D eigenvalue weighted by Gasteiger charge is -2.36. The fraction of sp³-hybridized carbons (Fsp3) is 0.522. The molecule has 0 amide bonds. The van der Waals surface area contributed by atoms with Crippen LogP contribution in [0.5, 0.6) is 5.75 Å². The zero-order chi connectivity index (χ0) is 21.3. The van der Waals surface area contributed by atoms with Crippen molar-refractivity contribution >= 4 is 33.4 Å². The third kappa shape index (κ3) is 4.10. The molecular formula is C23H26BrNO5. The highest BCUT2D eigenvalue weighted by Gasteiger charge is 2.45. The van der Waals surface area contributed by atoms with E-state index in [-0.39, 0.29) is 18.5 Å². The Hall–Kier alpha value is -1.99. The topological polar surface area (TPSA) is 74.2 Å². The number of ketones is 1. The van der Waals surface area contributed by atoms with Crippen LogP contribution in [0.4, 0.5) is 0 Å². The second kappa shape index (κ2) is 9.02. The predicted octanol–water partition coefficient (Wildman–Crippen LogP) is 4.36. The molecule has 1 saturated heterocycles. The number of benzene rings is 1. The van der Waals surface area contributed by atoms with E-state index in [9.17, 15) is 9.59 Å². The van der Waals surface area contributed by atoms with Crippen molar-refractivity contribution in [3.8, 4) is 5.75 Å². The molecule has 3 atom stereocenters. The van der Waals surface area contributed by atoms with Gasteiger partial charge in [0.05, 0.1) is 24.7 Å². The largest absolute Gasteiger partial charge is 0.496 e. The summed E-state index contributed by atoms with van der Waals surface area (Å²) in [5, 5.41) is 0. The van der Waals surface area contributed by atoms with Crippen molar-refractivity contribution in [1.82, 2.24) is 0 Å². The first kappa shape index (κ1) is 21.2. The van der Waals surface area contributed by atoms with Crippen molar-refractivity contribution in [3.63, 3.8) is 0 Å². The average molecular weight is 476 g/mol. The number of carbonyl (C=O) groups is 2. The van der Waals surface area contributed by atoms with E-state index in [1.54, 1.807) is 7.11 Å². The van der Waals surface area contributed by atoms with Gasteiger partial charge in [-0.1, -0.05) is 15.9 Å². The Balaban J connectivity index is 1.76. The summed E-state index contributed by atoms with van der Waals surface area (Å²) in [7, 11) is 1.60. The molecule has 160 valence electrons. The summed E-state index contributed by atoms with van der Waals surface area (Å²) in [4.78, 5) is 30.9. The molecule has 0 aromatic heterocycles. The summed E-state index contributed by atoms with van der Waals surface area (Å²) >= 11 is 3.52. The zero-order valence-corrected chi connectivity index (χ0v) is 18.9. The van der Waals surface area contributed by atoms with Crippen LogP contribution in [0.1, 0.15) is 50.5 Å². The smallest absolute Gasteiger partial charge is 0.336 e. The number of halogens is 1. The van der Waals surface area contributed by atoms with Gasteiger partial charge in [0.15, 0.2) is 0 Å². The van der Waals surface area contributed by atoms with Gasteiger partial charge in [-0.2, -0.15) is 0 Å². The molecule has 1 aliphatic carbocycles. The molecule has 0 radical (unpaired) electrons. The van der Waals surface area contributed by atoms with Gasteiger partial charge < -0.3 is 14.2 Å². The number of hydrogen-bond donors (Lipinski definition) is 0. The first-order chi connectivity index (χ1) is 14.5. The van der Waals surface area contributed by atoms with Gasteiger partial charge >= 0.3 is 5.97 Å². The molecule has 7 heteroatoms. The van der Waals surface area contributed by atoms with E-state index in [4.69, 9.17) is 14.2 Å². The molecule has 1 aromatic carbocycles. The molecule has 2 heterocycles. The third-order valence-corrected chi connectivity index (χ3v) is 6.57. The van der Waals surface area contributed by atoms with Crippen molar-refractivity contribution in [3.05, 3.63) is 39.5 Å². The molecule has 3 aliphatic rings. The number of esters is 1. The maximum atomic E-state index is 13.2. The van der Waals surface area contributed by atoms with Crippen LogP contribution in [0, 0.1) is 5.92 Å². The molecule has 0 spiro atoms. The van der Waals surface area contributed by atoms with Crippen molar-refractivity contribution in [2.75, 3.05) is 20.3 Å². The number of fused-ring (bicyclic) bond motifs is 1. The van der Waals surface area contributed by atoms with E-state index in [0.29, 0.717) is 30.0 Å². The summed E-state index contributed by atoms with van der Waals surface area (Å²) in [5.41, 5.74) is 2.70. The van der Waals surface area contributed by atoms with Gasteiger partial charge in [-0.15, -0.1) is 0 Å². The molecule has 2 aliphatic heterocycles. The van der Waals surface area contributed by atoms with Crippen molar-refractivity contribution in [2.24, 2.45) is 10.9 Å². The van der Waals surface area contributed by atoms with Gasteiger partial charge in [0.2, 0.25) is 0 Å². The fourth-order valence-corrected chi connectivity index (χ4v) is 5.07. The molecule has 30 heavy (non-hydrogen) atoms. The number of carbonyl (C=O) groups excluding carboxylic acids is 2. The molecule has 3 unspecified atom stereocenters. The molecule has 2 fully saturated rings.